The van der Waals surface area contributed by atoms with Crippen LogP contribution in [-0.2, 0) is 6.42 Å². The maximum atomic E-state index is 5.65. The maximum absolute atomic E-state index is 5.65. The van der Waals surface area contributed by atoms with E-state index in [1.54, 1.807) is 6.20 Å². The average molecular weight is 274 g/mol. The lowest BCUT2D eigenvalue weighted by molar-refractivity contribution is 1.20. The number of rotatable bonds is 2. The molecule has 1 aliphatic rings. The van der Waals surface area contributed by atoms with Crippen molar-refractivity contribution in [3.05, 3.63) is 66.0 Å². The lowest BCUT2D eigenvalue weighted by atomic mass is 10.1. The quantitative estimate of drug-likeness (QED) is 0.588. The molecule has 1 heterocycles. The molecule has 2 aromatic carbocycles. The number of nitrogen functional groups attached to an aromatic ring is 1. The summed E-state index contributed by atoms with van der Waals surface area (Å²) in [5.41, 5.74) is 12.0. The minimum Gasteiger partial charge on any atom is -0.382 e. The summed E-state index contributed by atoms with van der Waals surface area (Å²) in [6, 6.07) is 14.9. The summed E-state index contributed by atoms with van der Waals surface area (Å²) < 4.78 is 0. The highest BCUT2D eigenvalue weighted by Gasteiger charge is 2.17. The Labute approximate surface area is 122 Å². The Morgan fingerprint density at radius 2 is 1.81 bits per heavy atom. The summed E-state index contributed by atoms with van der Waals surface area (Å²) in [7, 11) is 0. The summed E-state index contributed by atoms with van der Waals surface area (Å²) >= 11 is 0. The van der Waals surface area contributed by atoms with Crippen LogP contribution < -0.4 is 11.1 Å². The third-order valence-electron chi connectivity index (χ3n) is 3.72. The first-order valence-electron chi connectivity index (χ1n) is 6.85. The number of benzene rings is 2. The standard InChI is InChI=1S/C17H14N4/c18-16-9-19-10-17(21-16)20-13-5-6-15-12(8-13)7-11-3-1-2-4-14(11)15/h1-6,8-10H,7H2,(H3,18,20,21). The Bertz CT molecular complexity index is 827. The van der Waals surface area contributed by atoms with E-state index in [0.717, 1.165) is 12.1 Å². The van der Waals surface area contributed by atoms with Crippen molar-refractivity contribution >= 4 is 17.3 Å². The zero-order valence-electron chi connectivity index (χ0n) is 11.4. The number of hydrogen-bond acceptors (Lipinski definition) is 4. The molecule has 21 heavy (non-hydrogen) atoms. The monoisotopic (exact) mass is 274 g/mol. The SMILES string of the molecule is Nc1cncc(Nc2ccc3c(c2)Cc2ccccc2-3)n1. The first kappa shape index (κ1) is 11.9. The van der Waals surface area contributed by atoms with Crippen LogP contribution in [0.25, 0.3) is 11.1 Å². The second kappa shape index (κ2) is 4.59. The van der Waals surface area contributed by atoms with Crippen molar-refractivity contribution in [2.75, 3.05) is 11.1 Å². The Hall–Kier alpha value is -2.88. The molecule has 0 aliphatic heterocycles. The van der Waals surface area contributed by atoms with Gasteiger partial charge in [-0.2, -0.15) is 0 Å². The summed E-state index contributed by atoms with van der Waals surface area (Å²) in [6.07, 6.45) is 4.17. The molecular formula is C17H14N4. The first-order valence-corrected chi connectivity index (χ1v) is 6.85. The molecule has 0 bridgehead atoms. The lowest BCUT2D eigenvalue weighted by Crippen LogP contribution is -1.98. The predicted octanol–water partition coefficient (Wildman–Crippen LogP) is 3.37. The van der Waals surface area contributed by atoms with Crippen molar-refractivity contribution in [1.29, 1.82) is 0 Å². The van der Waals surface area contributed by atoms with Gasteiger partial charge in [0.2, 0.25) is 0 Å². The second-order valence-corrected chi connectivity index (χ2v) is 5.16. The first-order chi connectivity index (χ1) is 10.3. The minimum absolute atomic E-state index is 0.411. The van der Waals surface area contributed by atoms with Crippen LogP contribution in [0.2, 0.25) is 0 Å². The van der Waals surface area contributed by atoms with Crippen LogP contribution in [0.4, 0.5) is 17.3 Å². The summed E-state index contributed by atoms with van der Waals surface area (Å²) in [5, 5.41) is 3.25. The van der Waals surface area contributed by atoms with Gasteiger partial charge >= 0.3 is 0 Å². The van der Waals surface area contributed by atoms with E-state index in [1.165, 1.54) is 28.5 Å². The summed E-state index contributed by atoms with van der Waals surface area (Å²) in [5.74, 6) is 1.07. The van der Waals surface area contributed by atoms with Gasteiger partial charge in [0.1, 0.15) is 5.82 Å². The molecule has 102 valence electrons. The normalized spacial score (nSPS) is 11.8. The van der Waals surface area contributed by atoms with Gasteiger partial charge in [0.05, 0.1) is 12.4 Å². The number of nitrogens with two attached hydrogens (primary N) is 1. The Morgan fingerprint density at radius 1 is 0.952 bits per heavy atom. The van der Waals surface area contributed by atoms with Crippen LogP contribution in [0.3, 0.4) is 0 Å². The molecule has 0 fully saturated rings. The molecule has 0 unspecified atom stereocenters. The molecule has 3 aromatic rings. The zero-order valence-corrected chi connectivity index (χ0v) is 11.4. The smallest absolute Gasteiger partial charge is 0.151 e. The highest BCUT2D eigenvalue weighted by atomic mass is 15.0. The van der Waals surface area contributed by atoms with E-state index in [1.807, 2.05) is 0 Å². The fraction of sp³-hybridized carbons (Fsp3) is 0.0588. The van der Waals surface area contributed by atoms with Gasteiger partial charge in [-0.3, -0.25) is 4.98 Å². The topological polar surface area (TPSA) is 63.8 Å². The molecule has 0 saturated heterocycles. The van der Waals surface area contributed by atoms with E-state index in [2.05, 4.69) is 57.7 Å². The van der Waals surface area contributed by atoms with Crippen molar-refractivity contribution in [2.45, 2.75) is 6.42 Å². The van der Waals surface area contributed by atoms with Gasteiger partial charge in [-0.1, -0.05) is 30.3 Å². The zero-order chi connectivity index (χ0) is 14.2. The molecule has 0 saturated carbocycles. The Kier molecular flexibility index (Phi) is 2.60. The van der Waals surface area contributed by atoms with Crippen LogP contribution in [-0.4, -0.2) is 9.97 Å². The van der Waals surface area contributed by atoms with Crippen molar-refractivity contribution in [2.24, 2.45) is 0 Å². The molecule has 1 aliphatic carbocycles. The van der Waals surface area contributed by atoms with Gasteiger partial charge in [-0.15, -0.1) is 0 Å². The van der Waals surface area contributed by atoms with Crippen molar-refractivity contribution < 1.29 is 0 Å². The van der Waals surface area contributed by atoms with Gasteiger partial charge in [0.15, 0.2) is 5.82 Å². The van der Waals surface area contributed by atoms with Gasteiger partial charge in [-0.05, 0) is 40.8 Å². The van der Waals surface area contributed by atoms with Gasteiger partial charge < -0.3 is 11.1 Å². The largest absolute Gasteiger partial charge is 0.382 e. The van der Waals surface area contributed by atoms with Crippen LogP contribution in [0.5, 0.6) is 0 Å². The Balaban J connectivity index is 1.67. The summed E-state index contributed by atoms with van der Waals surface area (Å²) in [6.45, 7) is 0. The average Bonchev–Trinajstić information content (AvgIpc) is 2.85. The molecule has 4 nitrogen and oxygen atoms in total. The summed E-state index contributed by atoms with van der Waals surface area (Å²) in [4.78, 5) is 8.24. The molecule has 0 radical (unpaired) electrons. The number of anilines is 3. The fourth-order valence-corrected chi connectivity index (χ4v) is 2.81. The number of hydrogen-bond donors (Lipinski definition) is 2. The van der Waals surface area contributed by atoms with E-state index >= 15 is 0 Å². The van der Waals surface area contributed by atoms with Crippen LogP contribution in [0, 0.1) is 0 Å². The third kappa shape index (κ3) is 2.10. The van der Waals surface area contributed by atoms with Crippen LogP contribution in [0.1, 0.15) is 11.1 Å². The van der Waals surface area contributed by atoms with E-state index in [-0.39, 0.29) is 0 Å². The highest BCUT2D eigenvalue weighted by Crippen LogP contribution is 2.37. The highest BCUT2D eigenvalue weighted by molar-refractivity contribution is 5.79. The van der Waals surface area contributed by atoms with Gasteiger partial charge in [-0.25, -0.2) is 4.98 Å². The molecule has 4 rings (SSSR count). The van der Waals surface area contributed by atoms with Crippen LogP contribution >= 0.6 is 0 Å². The molecule has 3 N–H and O–H groups in total. The van der Waals surface area contributed by atoms with Crippen molar-refractivity contribution in [3.8, 4) is 11.1 Å². The number of nitrogens with one attached hydrogen (secondary N) is 1. The molecule has 1 aromatic heterocycles. The molecule has 0 spiro atoms. The van der Waals surface area contributed by atoms with Gasteiger partial charge in [0.25, 0.3) is 0 Å². The minimum atomic E-state index is 0.411. The maximum Gasteiger partial charge on any atom is 0.151 e. The van der Waals surface area contributed by atoms with E-state index in [9.17, 15) is 0 Å². The van der Waals surface area contributed by atoms with E-state index < -0.39 is 0 Å². The molecule has 0 atom stereocenters. The molecular weight excluding hydrogens is 260 g/mol. The number of fused-ring (bicyclic) bond motifs is 3. The van der Waals surface area contributed by atoms with Gasteiger partial charge in [0, 0.05) is 5.69 Å². The van der Waals surface area contributed by atoms with Crippen LogP contribution in [0.15, 0.2) is 54.9 Å². The number of aromatic nitrogens is 2. The molecule has 0 amide bonds. The third-order valence-corrected chi connectivity index (χ3v) is 3.72. The fourth-order valence-electron chi connectivity index (χ4n) is 2.81. The number of nitrogens with zero attached hydrogens (tertiary/aromatic N) is 2. The second-order valence-electron chi connectivity index (χ2n) is 5.16. The Morgan fingerprint density at radius 3 is 2.71 bits per heavy atom. The van der Waals surface area contributed by atoms with Crippen molar-refractivity contribution in [3.63, 3.8) is 0 Å². The lowest BCUT2D eigenvalue weighted by Gasteiger charge is -2.08. The molecule has 4 heteroatoms. The van der Waals surface area contributed by atoms with E-state index in [0.29, 0.717) is 11.6 Å². The van der Waals surface area contributed by atoms with E-state index in [4.69, 9.17) is 5.73 Å². The predicted molar refractivity (Wildman–Crippen MR) is 84.4 cm³/mol. The van der Waals surface area contributed by atoms with Crippen molar-refractivity contribution in [1.82, 2.24) is 9.97 Å².